The molecule has 1 saturated heterocycles. The number of hydrogen-bond donors (Lipinski definition) is 2. The van der Waals surface area contributed by atoms with Gasteiger partial charge in [0.25, 0.3) is 0 Å². The monoisotopic (exact) mass is 196 g/mol. The Balaban J connectivity index is 2.23. The maximum Gasteiger partial charge on any atom is 0.0652 e. The summed E-state index contributed by atoms with van der Waals surface area (Å²) < 4.78 is 0. The number of hydrogen-bond acceptors (Lipinski definition) is 3. The van der Waals surface area contributed by atoms with Crippen LogP contribution < -0.4 is 11.1 Å². The normalized spacial score (nSPS) is 29.0. The first kappa shape index (κ1) is 9.19. The van der Waals surface area contributed by atoms with Gasteiger partial charge in [-0.05, 0) is 37.3 Å². The predicted molar refractivity (Wildman–Crippen MR) is 56.9 cm³/mol. The zero-order chi connectivity index (χ0) is 9.15. The van der Waals surface area contributed by atoms with Gasteiger partial charge in [-0.25, -0.2) is 0 Å². The molecule has 0 saturated carbocycles. The Hall–Kier alpha value is -0.380. The molecule has 0 aromatic carbocycles. The maximum absolute atomic E-state index is 5.87. The van der Waals surface area contributed by atoms with Gasteiger partial charge in [0.15, 0.2) is 0 Å². The summed E-state index contributed by atoms with van der Waals surface area (Å²) in [5.74, 6) is 0. The van der Waals surface area contributed by atoms with Gasteiger partial charge in [-0.2, -0.15) is 0 Å². The highest BCUT2D eigenvalue weighted by Gasteiger charge is 2.32. The largest absolute Gasteiger partial charge is 0.328 e. The molecule has 2 nitrogen and oxygen atoms in total. The summed E-state index contributed by atoms with van der Waals surface area (Å²) in [7, 11) is 0. The van der Waals surface area contributed by atoms with Crippen molar-refractivity contribution in [3.05, 3.63) is 22.4 Å². The van der Waals surface area contributed by atoms with Gasteiger partial charge >= 0.3 is 0 Å². The summed E-state index contributed by atoms with van der Waals surface area (Å²) in [6.45, 7) is 1.82. The molecule has 2 rings (SSSR count). The van der Waals surface area contributed by atoms with Gasteiger partial charge < -0.3 is 11.1 Å². The number of nitrogens with one attached hydrogen (secondary N) is 1. The van der Waals surface area contributed by atoms with E-state index in [1.54, 1.807) is 0 Å². The number of nitrogens with two attached hydrogens (primary N) is 1. The molecule has 3 N–H and O–H groups in total. The quantitative estimate of drug-likeness (QED) is 0.755. The molecule has 1 aliphatic rings. The molecule has 2 heterocycles. The lowest BCUT2D eigenvalue weighted by Crippen LogP contribution is -2.50. The maximum atomic E-state index is 5.87. The second kappa shape index (κ2) is 3.78. The van der Waals surface area contributed by atoms with E-state index >= 15 is 0 Å². The molecule has 0 radical (unpaired) electrons. The Labute approximate surface area is 83.1 Å². The molecule has 0 aliphatic carbocycles. The Morgan fingerprint density at radius 2 is 2.46 bits per heavy atom. The van der Waals surface area contributed by atoms with Crippen LogP contribution in [0.15, 0.2) is 17.5 Å². The molecule has 1 aromatic rings. The molecule has 72 valence electrons. The van der Waals surface area contributed by atoms with Crippen LogP contribution in [0.4, 0.5) is 0 Å². The van der Waals surface area contributed by atoms with Gasteiger partial charge in [0, 0.05) is 11.4 Å². The highest BCUT2D eigenvalue weighted by Crippen LogP contribution is 2.32. The minimum Gasteiger partial charge on any atom is -0.328 e. The van der Waals surface area contributed by atoms with Gasteiger partial charge in [0.05, 0.1) is 5.54 Å². The van der Waals surface area contributed by atoms with Crippen LogP contribution in [-0.4, -0.2) is 13.1 Å². The lowest BCUT2D eigenvalue weighted by molar-refractivity contribution is 0.271. The highest BCUT2D eigenvalue weighted by molar-refractivity contribution is 7.10. The van der Waals surface area contributed by atoms with Gasteiger partial charge in [0.2, 0.25) is 0 Å². The molecule has 1 atom stereocenters. The van der Waals surface area contributed by atoms with E-state index in [-0.39, 0.29) is 5.54 Å². The fraction of sp³-hybridized carbons (Fsp3) is 0.600. The Bertz CT molecular complexity index is 250. The lowest BCUT2D eigenvalue weighted by atomic mass is 9.87. The number of thiophene rings is 1. The molecule has 13 heavy (non-hydrogen) atoms. The van der Waals surface area contributed by atoms with E-state index in [9.17, 15) is 0 Å². The standard InChI is InChI=1S/C10H16N2S/c11-8-10(5-1-2-6-12-10)9-4-3-7-13-9/h3-4,7,12H,1-2,5-6,8,11H2. The van der Waals surface area contributed by atoms with Gasteiger partial charge in [-0.3, -0.25) is 0 Å². The molecule has 1 fully saturated rings. The predicted octanol–water partition coefficient (Wildman–Crippen LogP) is 1.68. The van der Waals surface area contributed by atoms with E-state index in [0.717, 1.165) is 6.54 Å². The van der Waals surface area contributed by atoms with Crippen LogP contribution in [0.3, 0.4) is 0 Å². The Morgan fingerprint density at radius 3 is 3.00 bits per heavy atom. The third-order valence-electron chi connectivity index (χ3n) is 2.84. The second-order valence-electron chi connectivity index (χ2n) is 3.65. The van der Waals surface area contributed by atoms with Crippen molar-refractivity contribution < 1.29 is 0 Å². The van der Waals surface area contributed by atoms with Crippen molar-refractivity contribution in [2.45, 2.75) is 24.8 Å². The summed E-state index contributed by atoms with van der Waals surface area (Å²) in [5.41, 5.74) is 5.96. The van der Waals surface area contributed by atoms with Gasteiger partial charge in [-0.15, -0.1) is 11.3 Å². The minimum atomic E-state index is 0.0897. The highest BCUT2D eigenvalue weighted by atomic mass is 32.1. The van der Waals surface area contributed by atoms with Crippen LogP contribution >= 0.6 is 11.3 Å². The Morgan fingerprint density at radius 1 is 1.54 bits per heavy atom. The Kier molecular flexibility index (Phi) is 2.67. The third-order valence-corrected chi connectivity index (χ3v) is 3.91. The fourth-order valence-electron chi connectivity index (χ4n) is 2.00. The summed E-state index contributed by atoms with van der Waals surface area (Å²) in [6, 6.07) is 4.30. The first-order valence-electron chi connectivity index (χ1n) is 4.86. The molecular formula is C10H16N2S. The molecule has 1 aromatic heterocycles. The van der Waals surface area contributed by atoms with Crippen molar-refractivity contribution >= 4 is 11.3 Å². The van der Waals surface area contributed by atoms with E-state index in [1.807, 2.05) is 11.3 Å². The zero-order valence-electron chi connectivity index (χ0n) is 7.75. The van der Waals surface area contributed by atoms with Crippen LogP contribution in [-0.2, 0) is 5.54 Å². The smallest absolute Gasteiger partial charge is 0.0652 e. The SMILES string of the molecule is NCC1(c2cccs2)CCCCN1. The van der Waals surface area contributed by atoms with E-state index in [0.29, 0.717) is 6.54 Å². The average Bonchev–Trinajstić information content (AvgIpc) is 2.72. The number of piperidine rings is 1. The van der Waals surface area contributed by atoms with E-state index in [2.05, 4.69) is 22.8 Å². The zero-order valence-corrected chi connectivity index (χ0v) is 8.57. The van der Waals surface area contributed by atoms with Crippen LogP contribution in [0.1, 0.15) is 24.1 Å². The van der Waals surface area contributed by atoms with E-state index in [1.165, 1.54) is 24.1 Å². The molecule has 3 heteroatoms. The first-order chi connectivity index (χ1) is 6.37. The second-order valence-corrected chi connectivity index (χ2v) is 4.60. The third kappa shape index (κ3) is 1.64. The number of rotatable bonds is 2. The van der Waals surface area contributed by atoms with Crippen LogP contribution in [0.25, 0.3) is 0 Å². The molecule has 1 unspecified atom stereocenters. The van der Waals surface area contributed by atoms with Crippen LogP contribution in [0, 0.1) is 0 Å². The van der Waals surface area contributed by atoms with Crippen molar-refractivity contribution in [1.82, 2.24) is 5.32 Å². The summed E-state index contributed by atoms with van der Waals surface area (Å²) in [4.78, 5) is 1.40. The first-order valence-corrected chi connectivity index (χ1v) is 5.74. The summed E-state index contributed by atoms with van der Waals surface area (Å²) in [6.07, 6.45) is 3.76. The van der Waals surface area contributed by atoms with Crippen molar-refractivity contribution in [3.8, 4) is 0 Å². The minimum absolute atomic E-state index is 0.0897. The van der Waals surface area contributed by atoms with E-state index < -0.39 is 0 Å². The molecule has 0 bridgehead atoms. The van der Waals surface area contributed by atoms with Crippen molar-refractivity contribution in [1.29, 1.82) is 0 Å². The van der Waals surface area contributed by atoms with E-state index in [4.69, 9.17) is 5.73 Å². The van der Waals surface area contributed by atoms with Gasteiger partial charge in [-0.1, -0.05) is 6.07 Å². The van der Waals surface area contributed by atoms with Crippen LogP contribution in [0.5, 0.6) is 0 Å². The molecule has 0 amide bonds. The molecule has 0 spiro atoms. The average molecular weight is 196 g/mol. The summed E-state index contributed by atoms with van der Waals surface area (Å²) in [5, 5.41) is 5.70. The topological polar surface area (TPSA) is 38.0 Å². The van der Waals surface area contributed by atoms with Crippen molar-refractivity contribution in [3.63, 3.8) is 0 Å². The fourth-order valence-corrected chi connectivity index (χ4v) is 2.95. The summed E-state index contributed by atoms with van der Waals surface area (Å²) >= 11 is 1.81. The lowest BCUT2D eigenvalue weighted by Gasteiger charge is -2.36. The van der Waals surface area contributed by atoms with Crippen LogP contribution in [0.2, 0.25) is 0 Å². The molecular weight excluding hydrogens is 180 g/mol. The van der Waals surface area contributed by atoms with Gasteiger partial charge in [0.1, 0.15) is 0 Å². The molecule has 1 aliphatic heterocycles. The van der Waals surface area contributed by atoms with Crippen molar-refractivity contribution in [2.75, 3.05) is 13.1 Å². The van der Waals surface area contributed by atoms with Crippen molar-refractivity contribution in [2.24, 2.45) is 5.73 Å².